The molecule has 6 nitrogen and oxygen atoms in total. The monoisotopic (exact) mass is 366 g/mol. The van der Waals surface area contributed by atoms with E-state index < -0.39 is 0 Å². The van der Waals surface area contributed by atoms with Gasteiger partial charge in [0.05, 0.1) is 11.2 Å². The molecule has 3 rings (SSSR count). The zero-order chi connectivity index (χ0) is 19.3. The number of hydrogen-bond acceptors (Lipinski definition) is 4. The van der Waals surface area contributed by atoms with Gasteiger partial charge in [0.25, 0.3) is 5.91 Å². The lowest BCUT2D eigenvalue weighted by molar-refractivity contribution is 0.0894. The summed E-state index contributed by atoms with van der Waals surface area (Å²) in [6.07, 6.45) is 5.46. The van der Waals surface area contributed by atoms with E-state index in [0.29, 0.717) is 24.5 Å². The third-order valence-corrected chi connectivity index (χ3v) is 5.02. The molecule has 0 spiro atoms. The number of rotatable bonds is 8. The van der Waals surface area contributed by atoms with Crippen LogP contribution in [0.2, 0.25) is 0 Å². The summed E-state index contributed by atoms with van der Waals surface area (Å²) in [6, 6.07) is 13.0. The van der Waals surface area contributed by atoms with Crippen molar-refractivity contribution >= 4 is 11.6 Å². The van der Waals surface area contributed by atoms with Crippen molar-refractivity contribution in [3.05, 3.63) is 66.1 Å². The first kappa shape index (κ1) is 18.9. The fourth-order valence-corrected chi connectivity index (χ4v) is 3.02. The molecule has 27 heavy (non-hydrogen) atoms. The number of carbonyl (C=O) groups excluding carboxylic acids is 1. The molecule has 6 heteroatoms. The van der Waals surface area contributed by atoms with Crippen molar-refractivity contribution in [2.45, 2.75) is 38.8 Å². The Bertz CT molecular complexity index is 874. The van der Waals surface area contributed by atoms with Crippen molar-refractivity contribution in [2.24, 2.45) is 5.73 Å². The third-order valence-electron chi connectivity index (χ3n) is 5.02. The number of imidazole rings is 1. The van der Waals surface area contributed by atoms with Crippen LogP contribution in [0.4, 0.5) is 0 Å². The average Bonchev–Trinajstić information content (AvgIpc) is 3.14. The number of benzene rings is 1. The summed E-state index contributed by atoms with van der Waals surface area (Å²) in [5.41, 5.74) is 7.77. The van der Waals surface area contributed by atoms with E-state index in [-0.39, 0.29) is 11.4 Å². The molecule has 0 radical (unpaired) electrons. The Morgan fingerprint density at radius 3 is 2.74 bits per heavy atom. The molecule has 2 aromatic heterocycles. The van der Waals surface area contributed by atoms with Crippen LogP contribution in [-0.4, -0.2) is 27.4 Å². The van der Waals surface area contributed by atoms with E-state index in [1.54, 1.807) is 12.1 Å². The Labute approximate surface area is 159 Å². The predicted molar refractivity (Wildman–Crippen MR) is 106 cm³/mol. The lowest BCUT2D eigenvalue weighted by atomic mass is 9.92. The van der Waals surface area contributed by atoms with Crippen molar-refractivity contribution < 1.29 is 9.53 Å². The minimum Gasteiger partial charge on any atom is -0.487 e. The molecule has 0 aliphatic rings. The van der Waals surface area contributed by atoms with Gasteiger partial charge in [0, 0.05) is 24.5 Å². The van der Waals surface area contributed by atoms with Gasteiger partial charge in [-0.05, 0) is 43.2 Å². The number of nitrogens with two attached hydrogens (primary N) is 1. The molecule has 3 aromatic rings. The molecule has 1 aromatic carbocycles. The van der Waals surface area contributed by atoms with E-state index in [1.807, 2.05) is 61.0 Å². The largest absolute Gasteiger partial charge is 0.487 e. The molecule has 0 unspecified atom stereocenters. The maximum Gasteiger partial charge on any atom is 0.251 e. The molecule has 0 saturated heterocycles. The van der Waals surface area contributed by atoms with E-state index in [4.69, 9.17) is 10.5 Å². The summed E-state index contributed by atoms with van der Waals surface area (Å²) >= 11 is 0. The fourth-order valence-electron chi connectivity index (χ4n) is 3.02. The first-order valence-electron chi connectivity index (χ1n) is 9.27. The highest BCUT2D eigenvalue weighted by molar-refractivity contribution is 5.95. The first-order valence-corrected chi connectivity index (χ1v) is 9.27. The number of amides is 1. The third kappa shape index (κ3) is 4.28. The summed E-state index contributed by atoms with van der Waals surface area (Å²) in [6.45, 7) is 4.81. The summed E-state index contributed by atoms with van der Waals surface area (Å²) in [5.74, 6) is 0.494. The van der Waals surface area contributed by atoms with Gasteiger partial charge in [0.2, 0.25) is 0 Å². The van der Waals surface area contributed by atoms with Crippen LogP contribution in [0.5, 0.6) is 5.75 Å². The smallest absolute Gasteiger partial charge is 0.251 e. The second-order valence-corrected chi connectivity index (χ2v) is 6.66. The zero-order valence-corrected chi connectivity index (χ0v) is 15.8. The van der Waals surface area contributed by atoms with Gasteiger partial charge < -0.3 is 20.2 Å². The SMILES string of the molecule is CCC(CC)(CN)NC(=O)c1cccc(OCc2cn3ccccc3n2)c1. The number of aromatic nitrogens is 2. The summed E-state index contributed by atoms with van der Waals surface area (Å²) < 4.78 is 7.79. The minimum absolute atomic E-state index is 0.137. The second kappa shape index (κ2) is 8.22. The van der Waals surface area contributed by atoms with E-state index in [1.165, 1.54) is 0 Å². The van der Waals surface area contributed by atoms with Gasteiger partial charge in [-0.1, -0.05) is 26.0 Å². The highest BCUT2D eigenvalue weighted by Gasteiger charge is 2.26. The van der Waals surface area contributed by atoms with Crippen LogP contribution < -0.4 is 15.8 Å². The number of nitrogens with zero attached hydrogens (tertiary/aromatic N) is 2. The van der Waals surface area contributed by atoms with Crippen molar-refractivity contribution in [3.8, 4) is 5.75 Å². The normalized spacial score (nSPS) is 11.5. The zero-order valence-electron chi connectivity index (χ0n) is 15.8. The van der Waals surface area contributed by atoms with Crippen LogP contribution in [-0.2, 0) is 6.61 Å². The van der Waals surface area contributed by atoms with Crippen LogP contribution >= 0.6 is 0 Å². The number of carbonyl (C=O) groups is 1. The van der Waals surface area contributed by atoms with Gasteiger partial charge in [-0.2, -0.15) is 0 Å². The molecule has 0 fully saturated rings. The van der Waals surface area contributed by atoms with Gasteiger partial charge >= 0.3 is 0 Å². The van der Waals surface area contributed by atoms with Crippen molar-refractivity contribution in [1.29, 1.82) is 0 Å². The molecule has 2 heterocycles. The predicted octanol–water partition coefficient (Wildman–Crippen LogP) is 3.16. The van der Waals surface area contributed by atoms with Gasteiger partial charge in [0.1, 0.15) is 18.0 Å². The summed E-state index contributed by atoms with van der Waals surface area (Å²) in [5, 5.41) is 3.08. The number of pyridine rings is 1. The van der Waals surface area contributed by atoms with Gasteiger partial charge in [-0.3, -0.25) is 4.79 Å². The number of ether oxygens (including phenoxy) is 1. The number of fused-ring (bicyclic) bond motifs is 1. The van der Waals surface area contributed by atoms with Crippen LogP contribution in [0.15, 0.2) is 54.9 Å². The molecular formula is C21H26N4O2. The lowest BCUT2D eigenvalue weighted by Crippen LogP contribution is -2.52. The van der Waals surface area contributed by atoms with Crippen molar-refractivity contribution in [3.63, 3.8) is 0 Å². The van der Waals surface area contributed by atoms with E-state index in [9.17, 15) is 4.79 Å². The average molecular weight is 366 g/mol. The molecule has 0 atom stereocenters. The molecule has 0 saturated carbocycles. The van der Waals surface area contributed by atoms with Crippen LogP contribution in [0.3, 0.4) is 0 Å². The molecular weight excluding hydrogens is 340 g/mol. The number of nitrogens with one attached hydrogen (secondary N) is 1. The summed E-state index contributed by atoms with van der Waals surface area (Å²) in [4.78, 5) is 17.2. The Morgan fingerprint density at radius 1 is 1.22 bits per heavy atom. The van der Waals surface area contributed by atoms with E-state index in [0.717, 1.165) is 24.2 Å². The van der Waals surface area contributed by atoms with Crippen LogP contribution in [0.25, 0.3) is 5.65 Å². The summed E-state index contributed by atoms with van der Waals surface area (Å²) in [7, 11) is 0. The molecule has 1 amide bonds. The topological polar surface area (TPSA) is 81.6 Å². The van der Waals surface area contributed by atoms with Gasteiger partial charge in [0.15, 0.2) is 0 Å². The van der Waals surface area contributed by atoms with Crippen LogP contribution in [0, 0.1) is 0 Å². The number of hydrogen-bond donors (Lipinski definition) is 2. The molecule has 142 valence electrons. The first-order chi connectivity index (χ1) is 13.1. The quantitative estimate of drug-likeness (QED) is 0.642. The Balaban J connectivity index is 1.68. The van der Waals surface area contributed by atoms with E-state index in [2.05, 4.69) is 10.3 Å². The van der Waals surface area contributed by atoms with Gasteiger partial charge in [-0.25, -0.2) is 4.98 Å². The van der Waals surface area contributed by atoms with Gasteiger partial charge in [-0.15, -0.1) is 0 Å². The van der Waals surface area contributed by atoms with Crippen molar-refractivity contribution in [1.82, 2.24) is 14.7 Å². The Hall–Kier alpha value is -2.86. The van der Waals surface area contributed by atoms with E-state index >= 15 is 0 Å². The molecule has 0 aliphatic carbocycles. The Morgan fingerprint density at radius 2 is 2.04 bits per heavy atom. The standard InChI is InChI=1S/C21H26N4O2/c1-3-21(4-2,15-22)24-20(26)16-8-7-9-18(12-16)27-14-17-13-25-11-6-5-10-19(25)23-17/h5-13H,3-4,14-15,22H2,1-2H3,(H,24,26). The Kier molecular flexibility index (Phi) is 5.76. The molecule has 3 N–H and O–H groups in total. The van der Waals surface area contributed by atoms with Crippen LogP contribution in [0.1, 0.15) is 42.7 Å². The highest BCUT2D eigenvalue weighted by Crippen LogP contribution is 2.18. The van der Waals surface area contributed by atoms with Crippen molar-refractivity contribution in [2.75, 3.05) is 6.54 Å². The second-order valence-electron chi connectivity index (χ2n) is 6.66. The minimum atomic E-state index is -0.371. The molecule has 0 bridgehead atoms. The maximum absolute atomic E-state index is 12.6. The lowest BCUT2D eigenvalue weighted by Gasteiger charge is -2.31. The maximum atomic E-state index is 12.6. The fraction of sp³-hybridized carbons (Fsp3) is 0.333. The highest BCUT2D eigenvalue weighted by atomic mass is 16.5. The molecule has 0 aliphatic heterocycles.